The number of hydrogen-bond acceptors (Lipinski definition) is 4. The average Bonchev–Trinajstić information content (AvgIpc) is 2.68. The van der Waals surface area contributed by atoms with Gasteiger partial charge in [-0.3, -0.25) is 14.5 Å². The van der Waals surface area contributed by atoms with Crippen LogP contribution in [0, 0.1) is 0 Å². The first-order valence-corrected chi connectivity index (χ1v) is 8.16. The van der Waals surface area contributed by atoms with Crippen LogP contribution in [0.25, 0.3) is 0 Å². The molecule has 1 atom stereocenters. The van der Waals surface area contributed by atoms with Gasteiger partial charge in [0.2, 0.25) is 11.8 Å². The van der Waals surface area contributed by atoms with Crippen LogP contribution in [0.1, 0.15) is 32.1 Å². The standard InChI is InChI=1S/C14H24N2O2S/c1-15-9-7-5-3-4-6-8-10-16-13(17)11-12(19-2)14(16)18/h5,7,12,15H,3-4,6,8-11H2,1-2H3. The number of nitrogens with one attached hydrogen (secondary N) is 1. The average molecular weight is 284 g/mol. The van der Waals surface area contributed by atoms with Gasteiger partial charge >= 0.3 is 0 Å². The molecule has 0 aromatic heterocycles. The Balaban J connectivity index is 2.12. The van der Waals surface area contributed by atoms with Crippen molar-refractivity contribution in [1.82, 2.24) is 10.2 Å². The largest absolute Gasteiger partial charge is 0.316 e. The van der Waals surface area contributed by atoms with E-state index >= 15 is 0 Å². The van der Waals surface area contributed by atoms with Crippen LogP contribution in [-0.2, 0) is 9.59 Å². The van der Waals surface area contributed by atoms with E-state index in [0.717, 1.165) is 32.2 Å². The predicted octanol–water partition coefficient (Wildman–Crippen LogP) is 1.81. The van der Waals surface area contributed by atoms with Gasteiger partial charge in [0.25, 0.3) is 0 Å². The Morgan fingerprint density at radius 1 is 1.32 bits per heavy atom. The third-order valence-corrected chi connectivity index (χ3v) is 4.17. The summed E-state index contributed by atoms with van der Waals surface area (Å²) in [6.45, 7) is 1.50. The van der Waals surface area contributed by atoms with Gasteiger partial charge in [0.1, 0.15) is 0 Å². The van der Waals surface area contributed by atoms with Gasteiger partial charge in [0.05, 0.1) is 5.25 Å². The van der Waals surface area contributed by atoms with Gasteiger partial charge in [-0.25, -0.2) is 0 Å². The maximum absolute atomic E-state index is 11.9. The van der Waals surface area contributed by atoms with E-state index in [0.29, 0.717) is 13.0 Å². The van der Waals surface area contributed by atoms with Crippen LogP contribution in [-0.4, -0.2) is 48.4 Å². The molecule has 0 spiro atoms. The molecule has 19 heavy (non-hydrogen) atoms. The molecule has 0 aromatic rings. The third-order valence-electron chi connectivity index (χ3n) is 3.23. The molecule has 1 rings (SSSR count). The number of unbranched alkanes of at least 4 members (excludes halogenated alkanes) is 3. The Morgan fingerprint density at radius 3 is 2.74 bits per heavy atom. The molecule has 0 aromatic carbocycles. The zero-order valence-electron chi connectivity index (χ0n) is 11.9. The normalized spacial score (nSPS) is 19.9. The topological polar surface area (TPSA) is 49.4 Å². The molecule has 0 aliphatic carbocycles. The second-order valence-corrected chi connectivity index (χ2v) is 5.73. The van der Waals surface area contributed by atoms with E-state index < -0.39 is 0 Å². The van der Waals surface area contributed by atoms with Gasteiger partial charge in [-0.15, -0.1) is 0 Å². The molecule has 1 heterocycles. The number of likely N-dealkylation sites (tertiary alicyclic amines) is 1. The molecular weight excluding hydrogens is 260 g/mol. The first-order valence-electron chi connectivity index (χ1n) is 6.87. The highest BCUT2D eigenvalue weighted by Crippen LogP contribution is 2.23. The Bertz CT molecular complexity index is 331. The zero-order chi connectivity index (χ0) is 14.1. The minimum atomic E-state index is -0.142. The number of hydrogen-bond donors (Lipinski definition) is 1. The number of amides is 2. The fraction of sp³-hybridized carbons (Fsp3) is 0.714. The maximum atomic E-state index is 11.9. The molecule has 1 saturated heterocycles. The lowest BCUT2D eigenvalue weighted by Gasteiger charge is -2.13. The minimum absolute atomic E-state index is 0.00161. The number of allylic oxidation sites excluding steroid dienone is 1. The maximum Gasteiger partial charge on any atom is 0.242 e. The van der Waals surface area contributed by atoms with E-state index in [2.05, 4.69) is 17.5 Å². The highest BCUT2D eigenvalue weighted by atomic mass is 32.2. The number of imide groups is 1. The number of likely N-dealkylation sites (N-methyl/N-ethyl adjacent to an activating group) is 1. The van der Waals surface area contributed by atoms with Gasteiger partial charge in [-0.1, -0.05) is 18.6 Å². The summed E-state index contributed by atoms with van der Waals surface area (Å²) in [6.07, 6.45) is 10.7. The Labute approximate surface area is 120 Å². The SMILES string of the molecule is CNCC=CCCCCCN1C(=O)CC(SC)C1=O. The van der Waals surface area contributed by atoms with Crippen molar-refractivity contribution in [2.24, 2.45) is 0 Å². The number of carbonyl (C=O) groups is 2. The molecule has 108 valence electrons. The van der Waals surface area contributed by atoms with Crippen molar-refractivity contribution in [3.05, 3.63) is 12.2 Å². The molecule has 0 saturated carbocycles. The van der Waals surface area contributed by atoms with E-state index in [1.807, 2.05) is 13.3 Å². The van der Waals surface area contributed by atoms with Crippen molar-refractivity contribution >= 4 is 23.6 Å². The molecular formula is C14H24N2O2S. The summed E-state index contributed by atoms with van der Waals surface area (Å²) in [5.74, 6) is 0.00434. The Morgan fingerprint density at radius 2 is 2.11 bits per heavy atom. The summed E-state index contributed by atoms with van der Waals surface area (Å²) in [7, 11) is 1.93. The highest BCUT2D eigenvalue weighted by molar-refractivity contribution is 8.00. The molecule has 1 unspecified atom stereocenters. The lowest BCUT2D eigenvalue weighted by Crippen LogP contribution is -2.32. The van der Waals surface area contributed by atoms with Crippen LogP contribution in [0.4, 0.5) is 0 Å². The molecule has 5 heteroatoms. The van der Waals surface area contributed by atoms with Crippen LogP contribution < -0.4 is 5.32 Å². The third kappa shape index (κ3) is 5.37. The van der Waals surface area contributed by atoms with Crippen molar-refractivity contribution in [3.8, 4) is 0 Å². The molecule has 1 fully saturated rings. The van der Waals surface area contributed by atoms with E-state index in [4.69, 9.17) is 0 Å². The van der Waals surface area contributed by atoms with Crippen molar-refractivity contribution in [3.63, 3.8) is 0 Å². The summed E-state index contributed by atoms with van der Waals surface area (Å²) < 4.78 is 0. The Kier molecular flexibility index (Phi) is 7.82. The van der Waals surface area contributed by atoms with Crippen LogP contribution in [0.5, 0.6) is 0 Å². The second kappa shape index (κ2) is 9.15. The van der Waals surface area contributed by atoms with E-state index in [-0.39, 0.29) is 17.1 Å². The molecule has 1 N–H and O–H groups in total. The first kappa shape index (κ1) is 16.2. The minimum Gasteiger partial charge on any atom is -0.316 e. The summed E-state index contributed by atoms with van der Waals surface area (Å²) in [4.78, 5) is 25.0. The number of nitrogens with zero attached hydrogens (tertiary/aromatic N) is 1. The predicted molar refractivity (Wildman–Crippen MR) is 80.2 cm³/mol. The fourth-order valence-electron chi connectivity index (χ4n) is 2.10. The summed E-state index contributed by atoms with van der Waals surface area (Å²) >= 11 is 1.48. The fourth-order valence-corrected chi connectivity index (χ4v) is 2.74. The molecule has 2 amide bonds. The summed E-state index contributed by atoms with van der Waals surface area (Å²) in [6, 6.07) is 0. The Hall–Kier alpha value is -0.810. The van der Waals surface area contributed by atoms with Crippen LogP contribution in [0.2, 0.25) is 0 Å². The summed E-state index contributed by atoms with van der Waals surface area (Å²) in [5, 5.41) is 2.91. The molecule has 1 aliphatic rings. The zero-order valence-corrected chi connectivity index (χ0v) is 12.7. The van der Waals surface area contributed by atoms with Gasteiger partial charge in [-0.2, -0.15) is 11.8 Å². The van der Waals surface area contributed by atoms with Gasteiger partial charge in [0.15, 0.2) is 0 Å². The van der Waals surface area contributed by atoms with E-state index in [1.54, 1.807) is 0 Å². The van der Waals surface area contributed by atoms with Crippen molar-refractivity contribution < 1.29 is 9.59 Å². The van der Waals surface area contributed by atoms with E-state index in [9.17, 15) is 9.59 Å². The van der Waals surface area contributed by atoms with Gasteiger partial charge in [0, 0.05) is 19.5 Å². The monoisotopic (exact) mass is 284 g/mol. The second-order valence-electron chi connectivity index (χ2n) is 4.69. The van der Waals surface area contributed by atoms with Crippen LogP contribution >= 0.6 is 11.8 Å². The van der Waals surface area contributed by atoms with Crippen molar-refractivity contribution in [2.45, 2.75) is 37.4 Å². The molecule has 0 bridgehead atoms. The smallest absolute Gasteiger partial charge is 0.242 e. The lowest BCUT2D eigenvalue weighted by atomic mass is 10.2. The van der Waals surface area contributed by atoms with Crippen molar-refractivity contribution in [1.29, 1.82) is 0 Å². The van der Waals surface area contributed by atoms with Gasteiger partial charge < -0.3 is 5.32 Å². The first-order chi connectivity index (χ1) is 9.20. The molecule has 0 radical (unpaired) electrons. The van der Waals surface area contributed by atoms with E-state index in [1.165, 1.54) is 16.7 Å². The molecule has 4 nitrogen and oxygen atoms in total. The van der Waals surface area contributed by atoms with Crippen LogP contribution in [0.15, 0.2) is 12.2 Å². The molecule has 1 aliphatic heterocycles. The summed E-state index contributed by atoms with van der Waals surface area (Å²) in [5.41, 5.74) is 0. The van der Waals surface area contributed by atoms with Gasteiger partial charge in [-0.05, 0) is 32.6 Å². The number of thioether (sulfide) groups is 1. The van der Waals surface area contributed by atoms with Crippen LogP contribution in [0.3, 0.4) is 0 Å². The highest BCUT2D eigenvalue weighted by Gasteiger charge is 2.37. The lowest BCUT2D eigenvalue weighted by molar-refractivity contribution is -0.138. The number of carbonyl (C=O) groups excluding carboxylic acids is 2. The van der Waals surface area contributed by atoms with Crippen molar-refractivity contribution in [2.75, 3.05) is 26.4 Å². The quantitative estimate of drug-likeness (QED) is 0.398. The number of rotatable bonds is 9.